The number of carbonyl (C=O) groups is 1. The Hall–Kier alpha value is -2.00. The normalized spacial score (nSPS) is 17.8. The lowest BCUT2D eigenvalue weighted by atomic mass is 10.1. The monoisotopic (exact) mass is 332 g/mol. The zero-order chi connectivity index (χ0) is 17.1. The first-order valence-electron chi connectivity index (χ1n) is 7.22. The van der Waals surface area contributed by atoms with Crippen LogP contribution in [0.2, 0.25) is 0 Å². The van der Waals surface area contributed by atoms with E-state index in [1.807, 2.05) is 0 Å². The predicted molar refractivity (Wildman–Crippen MR) is 79.5 cm³/mol. The van der Waals surface area contributed by atoms with Crippen molar-refractivity contribution >= 4 is 11.7 Å². The highest BCUT2D eigenvalue weighted by molar-refractivity contribution is 5.71. The Bertz CT molecular complexity index is 557. The van der Waals surface area contributed by atoms with Crippen molar-refractivity contribution in [3.8, 4) is 0 Å². The topological polar surface area (TPSA) is 81.4 Å². The fourth-order valence-electron chi connectivity index (χ4n) is 2.57. The fourth-order valence-corrected chi connectivity index (χ4v) is 2.57. The number of nitrogens with zero attached hydrogens (tertiary/aromatic N) is 2. The van der Waals surface area contributed by atoms with Gasteiger partial charge in [-0.1, -0.05) is 6.07 Å². The minimum atomic E-state index is -4.38. The van der Waals surface area contributed by atoms with Crippen LogP contribution in [0.4, 0.5) is 23.7 Å². The van der Waals surface area contributed by atoms with Crippen molar-refractivity contribution in [2.24, 2.45) is 5.73 Å². The summed E-state index contributed by atoms with van der Waals surface area (Å²) in [5.41, 5.74) is 4.70. The number of halogens is 3. The van der Waals surface area contributed by atoms with Crippen LogP contribution in [0, 0.1) is 5.21 Å². The molecule has 0 radical (unpaired) electrons. The van der Waals surface area contributed by atoms with Crippen LogP contribution in [-0.4, -0.2) is 49.9 Å². The molecule has 0 aromatic heterocycles. The van der Waals surface area contributed by atoms with E-state index in [1.54, 1.807) is 11.0 Å². The average Bonchev–Trinajstić information content (AvgIpc) is 2.47. The van der Waals surface area contributed by atoms with E-state index in [0.717, 1.165) is 12.1 Å². The summed E-state index contributed by atoms with van der Waals surface area (Å²) < 4.78 is 37.7. The third kappa shape index (κ3) is 4.73. The third-order valence-electron chi connectivity index (χ3n) is 3.91. The molecule has 1 aliphatic rings. The summed E-state index contributed by atoms with van der Waals surface area (Å²) in [6.45, 7) is 1.60. The molecule has 1 saturated heterocycles. The van der Waals surface area contributed by atoms with Crippen molar-refractivity contribution in [1.82, 2.24) is 5.32 Å². The van der Waals surface area contributed by atoms with Gasteiger partial charge in [-0.05, 0) is 18.2 Å². The van der Waals surface area contributed by atoms with Crippen molar-refractivity contribution in [3.05, 3.63) is 35.0 Å². The van der Waals surface area contributed by atoms with Gasteiger partial charge in [0, 0.05) is 5.69 Å². The number of quaternary nitrogens is 1. The van der Waals surface area contributed by atoms with E-state index >= 15 is 0 Å². The number of primary amides is 1. The van der Waals surface area contributed by atoms with Gasteiger partial charge in [-0.25, -0.2) is 4.79 Å². The maximum Gasteiger partial charge on any atom is 0.416 e. The molecule has 0 spiro atoms. The summed E-state index contributed by atoms with van der Waals surface area (Å²) in [5.74, 6) is 0. The van der Waals surface area contributed by atoms with Crippen LogP contribution in [0.15, 0.2) is 24.3 Å². The van der Waals surface area contributed by atoms with Gasteiger partial charge in [-0.2, -0.15) is 13.2 Å². The molecule has 1 aliphatic heterocycles. The molecule has 0 unspecified atom stereocenters. The SMILES string of the molecule is NC(=O)NCC[N+]1([O-])CCN(c2cccc(C(F)(F)F)c2)CC1. The maximum absolute atomic E-state index is 12.7. The molecule has 0 saturated carbocycles. The standard InChI is InChI=1S/C14H19F3N4O2/c15-14(16,17)11-2-1-3-12(10-11)20-5-8-21(23,9-6-20)7-4-19-13(18)22/h1-3,10H,4-9H2,(H3,18,19,22). The van der Waals surface area contributed by atoms with Crippen LogP contribution < -0.4 is 16.0 Å². The van der Waals surface area contributed by atoms with Gasteiger partial charge in [0.15, 0.2) is 0 Å². The summed E-state index contributed by atoms with van der Waals surface area (Å²) in [4.78, 5) is 12.4. The first-order valence-corrected chi connectivity index (χ1v) is 7.22. The zero-order valence-corrected chi connectivity index (χ0v) is 12.5. The van der Waals surface area contributed by atoms with Gasteiger partial charge in [0.05, 0.1) is 44.8 Å². The highest BCUT2D eigenvalue weighted by Crippen LogP contribution is 2.32. The summed E-state index contributed by atoms with van der Waals surface area (Å²) in [5, 5.41) is 14.8. The van der Waals surface area contributed by atoms with Crippen LogP contribution in [0.3, 0.4) is 0 Å². The number of urea groups is 1. The summed E-state index contributed by atoms with van der Waals surface area (Å²) in [6, 6.07) is 4.41. The highest BCUT2D eigenvalue weighted by atomic mass is 19.4. The number of rotatable bonds is 4. The zero-order valence-electron chi connectivity index (χ0n) is 12.5. The number of anilines is 1. The van der Waals surface area contributed by atoms with Crippen LogP contribution in [-0.2, 0) is 6.18 Å². The molecule has 0 atom stereocenters. The molecular formula is C14H19F3N4O2. The highest BCUT2D eigenvalue weighted by Gasteiger charge is 2.32. The van der Waals surface area contributed by atoms with E-state index in [-0.39, 0.29) is 26.2 Å². The van der Waals surface area contributed by atoms with Gasteiger partial charge in [0.2, 0.25) is 0 Å². The van der Waals surface area contributed by atoms with E-state index in [0.29, 0.717) is 18.8 Å². The molecule has 128 valence electrons. The maximum atomic E-state index is 12.7. The Morgan fingerprint density at radius 1 is 1.35 bits per heavy atom. The Balaban J connectivity index is 1.95. The number of hydrogen-bond donors (Lipinski definition) is 2. The number of benzene rings is 1. The molecule has 1 aromatic carbocycles. The Kier molecular flexibility index (Phi) is 5.00. The third-order valence-corrected chi connectivity index (χ3v) is 3.91. The van der Waals surface area contributed by atoms with Crippen molar-refractivity contribution in [2.45, 2.75) is 6.18 Å². The molecule has 1 aromatic rings. The van der Waals surface area contributed by atoms with Crippen molar-refractivity contribution < 1.29 is 22.6 Å². The van der Waals surface area contributed by atoms with Crippen molar-refractivity contribution in [2.75, 3.05) is 44.2 Å². The minimum absolute atomic E-state index is 0.183. The fraction of sp³-hybridized carbons (Fsp3) is 0.500. The van der Waals surface area contributed by atoms with Crippen molar-refractivity contribution in [3.63, 3.8) is 0 Å². The Morgan fingerprint density at radius 2 is 2.00 bits per heavy atom. The molecule has 6 nitrogen and oxygen atoms in total. The number of alkyl halides is 3. The van der Waals surface area contributed by atoms with Gasteiger partial charge in [-0.3, -0.25) is 0 Å². The van der Waals surface area contributed by atoms with E-state index in [1.165, 1.54) is 6.07 Å². The minimum Gasteiger partial charge on any atom is -0.633 e. The van der Waals surface area contributed by atoms with Gasteiger partial charge in [0.1, 0.15) is 0 Å². The van der Waals surface area contributed by atoms with Gasteiger partial charge < -0.3 is 25.8 Å². The van der Waals surface area contributed by atoms with E-state index in [2.05, 4.69) is 5.32 Å². The van der Waals surface area contributed by atoms with Crippen LogP contribution in [0.25, 0.3) is 0 Å². The number of nitrogens with one attached hydrogen (secondary N) is 1. The average molecular weight is 332 g/mol. The van der Waals surface area contributed by atoms with Crippen LogP contribution in [0.5, 0.6) is 0 Å². The van der Waals surface area contributed by atoms with E-state index in [9.17, 15) is 23.2 Å². The quantitative estimate of drug-likeness (QED) is 0.648. The van der Waals surface area contributed by atoms with Gasteiger partial charge in [-0.15, -0.1) is 0 Å². The largest absolute Gasteiger partial charge is 0.633 e. The lowest BCUT2D eigenvalue weighted by Crippen LogP contribution is -2.58. The van der Waals surface area contributed by atoms with Crippen LogP contribution >= 0.6 is 0 Å². The number of hydroxylamine groups is 3. The second kappa shape index (κ2) is 6.63. The number of piperazine rings is 1. The Morgan fingerprint density at radius 3 is 2.57 bits per heavy atom. The summed E-state index contributed by atoms with van der Waals surface area (Å²) >= 11 is 0. The molecule has 3 N–H and O–H groups in total. The van der Waals surface area contributed by atoms with E-state index < -0.39 is 22.4 Å². The molecule has 0 bridgehead atoms. The molecule has 9 heteroatoms. The summed E-state index contributed by atoms with van der Waals surface area (Å²) in [7, 11) is 0. The molecule has 1 heterocycles. The number of carbonyl (C=O) groups excluding carboxylic acids is 1. The first-order chi connectivity index (χ1) is 10.7. The molecule has 2 amide bonds. The van der Waals surface area contributed by atoms with Crippen LogP contribution in [0.1, 0.15) is 5.56 Å². The molecular weight excluding hydrogens is 313 g/mol. The first kappa shape index (κ1) is 17.4. The number of hydrogen-bond acceptors (Lipinski definition) is 3. The molecule has 23 heavy (non-hydrogen) atoms. The van der Waals surface area contributed by atoms with Gasteiger partial charge >= 0.3 is 12.2 Å². The van der Waals surface area contributed by atoms with Crippen molar-refractivity contribution in [1.29, 1.82) is 0 Å². The second-order valence-electron chi connectivity index (χ2n) is 5.56. The van der Waals surface area contributed by atoms with E-state index in [4.69, 9.17) is 5.73 Å². The molecule has 2 rings (SSSR count). The lowest BCUT2D eigenvalue weighted by Gasteiger charge is -2.48. The summed E-state index contributed by atoms with van der Waals surface area (Å²) in [6.07, 6.45) is -4.38. The predicted octanol–water partition coefficient (Wildman–Crippen LogP) is 1.51. The second-order valence-corrected chi connectivity index (χ2v) is 5.56. The number of nitrogens with two attached hydrogens (primary N) is 1. The smallest absolute Gasteiger partial charge is 0.416 e. The lowest BCUT2D eigenvalue weighted by molar-refractivity contribution is -0.880. The number of amides is 2. The Labute approximate surface area is 131 Å². The molecule has 0 aliphatic carbocycles. The van der Waals surface area contributed by atoms with Gasteiger partial charge in [0.25, 0.3) is 0 Å². The molecule has 1 fully saturated rings.